The molecule has 1 unspecified atom stereocenters. The van der Waals surface area contributed by atoms with Gasteiger partial charge in [0.2, 0.25) is 5.78 Å². The molecule has 34 heavy (non-hydrogen) atoms. The quantitative estimate of drug-likeness (QED) is 0.222. The highest BCUT2D eigenvalue weighted by Gasteiger charge is 2.60. The lowest BCUT2D eigenvalue weighted by Crippen LogP contribution is -2.68. The van der Waals surface area contributed by atoms with Crippen LogP contribution in [0.1, 0.15) is 96.8 Å². The number of carboxylic acids is 1. The highest BCUT2D eigenvalue weighted by molar-refractivity contribution is 5.99. The number of allylic oxidation sites excluding steroid dienone is 3. The summed E-state index contributed by atoms with van der Waals surface area (Å²) in [7, 11) is 0. The van der Waals surface area contributed by atoms with Crippen molar-refractivity contribution in [3.63, 3.8) is 0 Å². The van der Waals surface area contributed by atoms with Gasteiger partial charge in [-0.15, -0.1) is 0 Å². The smallest absolute Gasteiger partial charge is 0.303 e. The van der Waals surface area contributed by atoms with E-state index < -0.39 is 17.8 Å². The number of carbonyl (C=O) groups is 3. The fourth-order valence-electron chi connectivity index (χ4n) is 6.36. The maximum Gasteiger partial charge on any atom is 0.303 e. The summed E-state index contributed by atoms with van der Waals surface area (Å²) in [5.41, 5.74) is -0.776. The maximum atomic E-state index is 13.0. The van der Waals surface area contributed by atoms with Crippen LogP contribution in [0.2, 0.25) is 0 Å². The highest BCUT2D eigenvalue weighted by atomic mass is 16.4. The molecule has 1 saturated carbocycles. The lowest BCUT2D eigenvalue weighted by molar-refractivity contribution is -0.156. The van der Waals surface area contributed by atoms with E-state index in [0.29, 0.717) is 25.7 Å². The van der Waals surface area contributed by atoms with Gasteiger partial charge in [0.25, 0.3) is 0 Å². The molecule has 2 bridgehead atoms. The molecule has 3 rings (SSSR count). The van der Waals surface area contributed by atoms with Crippen LogP contribution < -0.4 is 5.32 Å². The standard InChI is InChI=1S/C27H41NO6/c1-2-3-7-12-20-21(17-23(30)22(29)13-8-5-4-6-9-14-25(32)33)28-27(34)18-26(20)15-10-11-19(26)16-24(27)31/h3,7,16,20-22,28-29,34H,2,4-6,8-15,17-18H2,1H3,(H,32,33)/b7-3-/t20-,21-,22+,26?,27-/m0/s1. The molecule has 3 aliphatic rings. The van der Waals surface area contributed by atoms with Gasteiger partial charge in [-0.05, 0) is 56.9 Å². The number of aliphatic hydroxyl groups is 2. The zero-order valence-electron chi connectivity index (χ0n) is 20.4. The van der Waals surface area contributed by atoms with Crippen LogP contribution in [0.15, 0.2) is 23.8 Å². The third-order valence-corrected chi connectivity index (χ3v) is 8.07. The van der Waals surface area contributed by atoms with Crippen molar-refractivity contribution in [2.24, 2.45) is 11.3 Å². The van der Waals surface area contributed by atoms with Crippen LogP contribution in [0.25, 0.3) is 0 Å². The fourth-order valence-corrected chi connectivity index (χ4v) is 6.36. The van der Waals surface area contributed by atoms with Gasteiger partial charge >= 0.3 is 5.97 Å². The van der Waals surface area contributed by atoms with Gasteiger partial charge in [0.1, 0.15) is 6.10 Å². The predicted molar refractivity (Wildman–Crippen MR) is 129 cm³/mol. The molecule has 2 aliphatic carbocycles. The molecule has 7 nitrogen and oxygen atoms in total. The van der Waals surface area contributed by atoms with Gasteiger partial charge in [0.15, 0.2) is 11.5 Å². The van der Waals surface area contributed by atoms with Crippen molar-refractivity contribution in [3.05, 3.63) is 23.8 Å². The Hall–Kier alpha value is -1.83. The largest absolute Gasteiger partial charge is 0.481 e. The van der Waals surface area contributed by atoms with E-state index in [-0.39, 0.29) is 41.8 Å². The number of aliphatic hydroxyl groups excluding tert-OH is 1. The zero-order chi connectivity index (χ0) is 24.8. The summed E-state index contributed by atoms with van der Waals surface area (Å²) >= 11 is 0. The second kappa shape index (κ2) is 11.7. The van der Waals surface area contributed by atoms with Gasteiger partial charge in [-0.3, -0.25) is 19.7 Å². The third kappa shape index (κ3) is 6.04. The number of rotatable bonds is 14. The molecule has 0 aromatic carbocycles. The van der Waals surface area contributed by atoms with E-state index >= 15 is 0 Å². The topological polar surface area (TPSA) is 124 Å². The summed E-state index contributed by atoms with van der Waals surface area (Å²) in [5.74, 6) is -1.26. The van der Waals surface area contributed by atoms with Gasteiger partial charge in [-0.2, -0.15) is 0 Å². The van der Waals surface area contributed by atoms with Crippen LogP contribution in [-0.4, -0.2) is 50.7 Å². The second-order valence-electron chi connectivity index (χ2n) is 10.4. The SMILES string of the molecule is CC/C=C\C[C@H]1[C@H](CC(=O)[C@H](O)CCCCCCCC(=O)O)N[C@]2(O)CC13CCCC3=CC2=O. The number of hydrogen-bond donors (Lipinski definition) is 4. The van der Waals surface area contributed by atoms with E-state index in [2.05, 4.69) is 24.4 Å². The average Bonchev–Trinajstić information content (AvgIpc) is 3.16. The van der Waals surface area contributed by atoms with Crippen LogP contribution in [-0.2, 0) is 14.4 Å². The molecular formula is C27H41NO6. The average molecular weight is 476 g/mol. The number of unbranched alkanes of at least 4 members (excludes halogenated alkanes) is 4. The maximum absolute atomic E-state index is 13.0. The van der Waals surface area contributed by atoms with E-state index in [0.717, 1.165) is 56.9 Å². The molecule has 0 aromatic rings. The third-order valence-electron chi connectivity index (χ3n) is 8.07. The minimum Gasteiger partial charge on any atom is -0.481 e. The van der Waals surface area contributed by atoms with Crippen molar-refractivity contribution >= 4 is 17.5 Å². The summed E-state index contributed by atoms with van der Waals surface area (Å²) in [6.45, 7) is 2.08. The molecule has 7 heteroatoms. The summed E-state index contributed by atoms with van der Waals surface area (Å²) in [6.07, 6.45) is 14.3. The van der Waals surface area contributed by atoms with Gasteiger partial charge < -0.3 is 15.3 Å². The molecule has 0 radical (unpaired) electrons. The molecular weight excluding hydrogens is 434 g/mol. The number of carboxylic acid groups (broad SMARTS) is 1. The molecule has 190 valence electrons. The Morgan fingerprint density at radius 2 is 1.94 bits per heavy atom. The molecule has 0 amide bonds. The van der Waals surface area contributed by atoms with Crippen molar-refractivity contribution in [2.45, 2.75) is 115 Å². The molecule has 0 aromatic heterocycles. The highest BCUT2D eigenvalue weighted by Crippen LogP contribution is 2.59. The van der Waals surface area contributed by atoms with Gasteiger partial charge in [-0.25, -0.2) is 0 Å². The number of ketones is 2. The Morgan fingerprint density at radius 3 is 2.68 bits per heavy atom. The molecule has 1 saturated heterocycles. The summed E-state index contributed by atoms with van der Waals surface area (Å²) in [5, 5.41) is 33.5. The second-order valence-corrected chi connectivity index (χ2v) is 10.4. The number of nitrogens with one attached hydrogen (secondary N) is 1. The van der Waals surface area contributed by atoms with Gasteiger partial charge in [-0.1, -0.05) is 50.3 Å². The summed E-state index contributed by atoms with van der Waals surface area (Å²) in [6, 6.07) is -0.371. The molecule has 4 N–H and O–H groups in total. The minimum atomic E-state index is -1.63. The minimum absolute atomic E-state index is 0.0859. The van der Waals surface area contributed by atoms with Crippen LogP contribution in [0.5, 0.6) is 0 Å². The molecule has 1 spiro atoms. The Morgan fingerprint density at radius 1 is 1.21 bits per heavy atom. The normalized spacial score (nSPS) is 31.4. The summed E-state index contributed by atoms with van der Waals surface area (Å²) < 4.78 is 0. The van der Waals surface area contributed by atoms with Crippen molar-refractivity contribution in [1.29, 1.82) is 0 Å². The lowest BCUT2D eigenvalue weighted by atomic mass is 9.57. The zero-order valence-corrected chi connectivity index (χ0v) is 20.4. The van der Waals surface area contributed by atoms with Crippen LogP contribution >= 0.6 is 0 Å². The number of hydrogen-bond acceptors (Lipinski definition) is 6. The molecule has 2 fully saturated rings. The van der Waals surface area contributed by atoms with Crippen LogP contribution in [0, 0.1) is 11.3 Å². The molecule has 5 atom stereocenters. The Bertz CT molecular complexity index is 820. The van der Waals surface area contributed by atoms with E-state index in [4.69, 9.17) is 5.11 Å². The first-order valence-corrected chi connectivity index (χ1v) is 13.0. The number of piperidine rings is 1. The van der Waals surface area contributed by atoms with E-state index in [9.17, 15) is 24.6 Å². The predicted octanol–water partition coefficient (Wildman–Crippen LogP) is 3.82. The van der Waals surface area contributed by atoms with E-state index in [1.165, 1.54) is 0 Å². The van der Waals surface area contributed by atoms with Crippen LogP contribution in [0.4, 0.5) is 0 Å². The summed E-state index contributed by atoms with van der Waals surface area (Å²) in [4.78, 5) is 36.2. The molecule has 1 heterocycles. The molecule has 1 aliphatic heterocycles. The van der Waals surface area contributed by atoms with Crippen LogP contribution in [0.3, 0.4) is 0 Å². The van der Waals surface area contributed by atoms with Crippen molar-refractivity contribution in [3.8, 4) is 0 Å². The Kier molecular flexibility index (Phi) is 9.24. The Balaban J connectivity index is 1.62. The van der Waals surface area contributed by atoms with Crippen molar-refractivity contribution in [1.82, 2.24) is 5.32 Å². The van der Waals surface area contributed by atoms with Gasteiger partial charge in [0.05, 0.1) is 0 Å². The van der Waals surface area contributed by atoms with Gasteiger partial charge in [0, 0.05) is 30.7 Å². The first-order chi connectivity index (χ1) is 16.2. The van der Waals surface area contributed by atoms with E-state index in [1.54, 1.807) is 6.08 Å². The Labute approximate surface area is 202 Å². The first kappa shape index (κ1) is 26.8. The van der Waals surface area contributed by atoms with E-state index in [1.807, 2.05) is 0 Å². The van der Waals surface area contributed by atoms with Crippen molar-refractivity contribution in [2.75, 3.05) is 0 Å². The van der Waals surface area contributed by atoms with Crippen molar-refractivity contribution < 1.29 is 29.7 Å². The lowest BCUT2D eigenvalue weighted by Gasteiger charge is -2.55. The first-order valence-electron chi connectivity index (χ1n) is 13.0. The number of Topliss-reactive ketones (excluding diaryl/α,β-unsaturated/α-hetero) is 1. The monoisotopic (exact) mass is 475 g/mol. The number of carbonyl (C=O) groups excluding carboxylic acids is 2. The fraction of sp³-hybridized carbons (Fsp3) is 0.741. The number of fused-ring (bicyclic) bond motifs is 1. The number of aliphatic carboxylic acids is 1.